The van der Waals surface area contributed by atoms with Gasteiger partial charge >= 0.3 is 5.97 Å². The van der Waals surface area contributed by atoms with Crippen LogP contribution in [0, 0.1) is 5.41 Å². The molecule has 1 N–H and O–H groups in total. The van der Waals surface area contributed by atoms with E-state index in [4.69, 9.17) is 5.11 Å². The predicted molar refractivity (Wildman–Crippen MR) is 58.9 cm³/mol. The molecule has 0 aromatic heterocycles. The highest BCUT2D eigenvalue weighted by atomic mass is 16.4. The molecule has 0 spiro atoms. The van der Waals surface area contributed by atoms with Crippen molar-refractivity contribution in [2.24, 2.45) is 5.41 Å². The number of hydrogen-bond acceptors (Lipinski definition) is 2. The summed E-state index contributed by atoms with van der Waals surface area (Å²) in [5, 5.41) is 8.76. The van der Waals surface area contributed by atoms with Gasteiger partial charge < -0.3 is 10.0 Å². The molecular formula is C12H19NO3. The summed E-state index contributed by atoms with van der Waals surface area (Å²) in [6.07, 6.45) is 5.25. The highest BCUT2D eigenvalue weighted by Gasteiger charge is 2.45. The Balaban J connectivity index is 2.04. The second-order valence-corrected chi connectivity index (χ2v) is 5.27. The fraction of sp³-hybridized carbons (Fsp3) is 0.833. The first kappa shape index (κ1) is 11.4. The van der Waals surface area contributed by atoms with E-state index in [2.05, 4.69) is 0 Å². The lowest BCUT2D eigenvalue weighted by atomic mass is 9.65. The lowest BCUT2D eigenvalue weighted by Crippen LogP contribution is -2.55. The average molecular weight is 225 g/mol. The van der Waals surface area contributed by atoms with Crippen molar-refractivity contribution in [3.8, 4) is 0 Å². The largest absolute Gasteiger partial charge is 0.481 e. The normalized spacial score (nSPS) is 32.8. The minimum absolute atomic E-state index is 0.0960. The summed E-state index contributed by atoms with van der Waals surface area (Å²) in [6.45, 7) is 2.39. The van der Waals surface area contributed by atoms with Crippen molar-refractivity contribution in [1.82, 2.24) is 4.90 Å². The van der Waals surface area contributed by atoms with Crippen molar-refractivity contribution in [2.75, 3.05) is 6.54 Å². The molecule has 2 aliphatic heterocycles. The number of aliphatic carboxylic acids is 1. The van der Waals surface area contributed by atoms with Crippen molar-refractivity contribution in [3.05, 3.63) is 0 Å². The van der Waals surface area contributed by atoms with Crippen LogP contribution >= 0.6 is 0 Å². The number of carbonyl (C=O) groups is 2. The van der Waals surface area contributed by atoms with E-state index in [1.807, 2.05) is 4.90 Å². The molecule has 3 aliphatic rings. The minimum atomic E-state index is -0.726. The van der Waals surface area contributed by atoms with Crippen LogP contribution in [0.15, 0.2) is 0 Å². The SMILES string of the molecule is CC(=O)N1CC2(CCC(=O)O)CCC1CC2. The van der Waals surface area contributed by atoms with E-state index < -0.39 is 5.97 Å². The zero-order chi connectivity index (χ0) is 11.8. The molecule has 4 heteroatoms. The Bertz CT molecular complexity index is 305. The molecule has 4 nitrogen and oxygen atoms in total. The standard InChI is InChI=1S/C12H19NO3/c1-9(14)13-8-12(7-4-11(15)16)5-2-10(13)3-6-12/h10H,2-8H2,1H3,(H,15,16). The van der Waals surface area contributed by atoms with Gasteiger partial charge in [-0.25, -0.2) is 0 Å². The number of hydrogen-bond donors (Lipinski definition) is 1. The molecule has 0 atom stereocenters. The number of amides is 1. The number of rotatable bonds is 3. The first-order valence-corrected chi connectivity index (χ1v) is 6.01. The van der Waals surface area contributed by atoms with Gasteiger partial charge in [-0.1, -0.05) is 0 Å². The fourth-order valence-corrected chi connectivity index (χ4v) is 3.24. The Hall–Kier alpha value is -1.06. The highest BCUT2D eigenvalue weighted by Crippen LogP contribution is 2.47. The molecule has 0 aromatic rings. The lowest BCUT2D eigenvalue weighted by molar-refractivity contribution is -0.143. The first-order chi connectivity index (χ1) is 7.52. The number of nitrogens with zero attached hydrogens (tertiary/aromatic N) is 1. The molecule has 90 valence electrons. The van der Waals surface area contributed by atoms with Crippen molar-refractivity contribution in [2.45, 2.75) is 51.5 Å². The topological polar surface area (TPSA) is 57.6 Å². The summed E-state index contributed by atoms with van der Waals surface area (Å²) in [5.41, 5.74) is 0.0960. The van der Waals surface area contributed by atoms with Gasteiger partial charge in [-0.05, 0) is 37.5 Å². The molecule has 2 bridgehead atoms. The van der Waals surface area contributed by atoms with Crippen LogP contribution in [-0.4, -0.2) is 34.5 Å². The molecule has 1 saturated carbocycles. The summed E-state index contributed by atoms with van der Waals surface area (Å²) in [7, 11) is 0. The third kappa shape index (κ3) is 2.06. The monoisotopic (exact) mass is 225 g/mol. The molecule has 1 aliphatic carbocycles. The highest BCUT2D eigenvalue weighted by molar-refractivity contribution is 5.74. The Morgan fingerprint density at radius 1 is 1.38 bits per heavy atom. The van der Waals surface area contributed by atoms with Gasteiger partial charge in [0.05, 0.1) is 0 Å². The van der Waals surface area contributed by atoms with Crippen molar-refractivity contribution in [3.63, 3.8) is 0 Å². The number of carboxylic acids is 1. The maximum Gasteiger partial charge on any atom is 0.303 e. The maximum atomic E-state index is 11.5. The molecular weight excluding hydrogens is 206 g/mol. The van der Waals surface area contributed by atoms with Crippen molar-refractivity contribution < 1.29 is 14.7 Å². The zero-order valence-electron chi connectivity index (χ0n) is 9.74. The molecule has 2 heterocycles. The van der Waals surface area contributed by atoms with Gasteiger partial charge in [0.15, 0.2) is 0 Å². The van der Waals surface area contributed by atoms with E-state index in [0.717, 1.165) is 38.6 Å². The zero-order valence-corrected chi connectivity index (χ0v) is 9.74. The number of carbonyl (C=O) groups excluding carboxylic acids is 1. The van der Waals surface area contributed by atoms with E-state index in [-0.39, 0.29) is 17.7 Å². The number of fused-ring (bicyclic) bond motifs is 3. The Morgan fingerprint density at radius 3 is 2.50 bits per heavy atom. The molecule has 2 saturated heterocycles. The third-order valence-corrected chi connectivity index (χ3v) is 4.24. The predicted octanol–water partition coefficient (Wildman–Crippen LogP) is 1.64. The molecule has 16 heavy (non-hydrogen) atoms. The summed E-state index contributed by atoms with van der Waals surface area (Å²) in [5.74, 6) is -0.583. The van der Waals surface area contributed by atoms with Crippen LogP contribution in [0.3, 0.4) is 0 Å². The van der Waals surface area contributed by atoms with Gasteiger partial charge in [-0.15, -0.1) is 0 Å². The second-order valence-electron chi connectivity index (χ2n) is 5.27. The molecule has 3 fully saturated rings. The quantitative estimate of drug-likeness (QED) is 0.794. The summed E-state index contributed by atoms with van der Waals surface area (Å²) in [6, 6.07) is 0.421. The van der Waals surface area contributed by atoms with Gasteiger partial charge in [0, 0.05) is 25.9 Å². The molecule has 3 rings (SSSR count). The van der Waals surface area contributed by atoms with Gasteiger partial charge in [0.2, 0.25) is 5.91 Å². The number of carboxylic acid groups (broad SMARTS) is 1. The Morgan fingerprint density at radius 2 is 2.00 bits per heavy atom. The van der Waals surface area contributed by atoms with Crippen LogP contribution in [0.25, 0.3) is 0 Å². The maximum absolute atomic E-state index is 11.5. The van der Waals surface area contributed by atoms with Gasteiger partial charge in [-0.3, -0.25) is 9.59 Å². The Kier molecular flexibility index (Phi) is 2.91. The third-order valence-electron chi connectivity index (χ3n) is 4.24. The molecule has 0 aromatic carbocycles. The van der Waals surface area contributed by atoms with Crippen LogP contribution in [-0.2, 0) is 9.59 Å². The smallest absolute Gasteiger partial charge is 0.303 e. The molecule has 0 unspecified atom stereocenters. The fourth-order valence-electron chi connectivity index (χ4n) is 3.24. The average Bonchev–Trinajstić information content (AvgIpc) is 2.28. The Labute approximate surface area is 95.6 Å². The molecule has 1 amide bonds. The van der Waals surface area contributed by atoms with Gasteiger partial charge in [0.25, 0.3) is 0 Å². The van der Waals surface area contributed by atoms with E-state index in [0.29, 0.717) is 6.04 Å². The van der Waals surface area contributed by atoms with Gasteiger partial charge in [0.1, 0.15) is 0 Å². The second kappa shape index (κ2) is 4.07. The van der Waals surface area contributed by atoms with Crippen molar-refractivity contribution >= 4 is 11.9 Å². The first-order valence-electron chi connectivity index (χ1n) is 6.01. The van der Waals surface area contributed by atoms with E-state index in [1.165, 1.54) is 0 Å². The van der Waals surface area contributed by atoms with Crippen LogP contribution in [0.5, 0.6) is 0 Å². The van der Waals surface area contributed by atoms with Crippen LogP contribution in [0.2, 0.25) is 0 Å². The summed E-state index contributed by atoms with van der Waals surface area (Å²) < 4.78 is 0. The van der Waals surface area contributed by atoms with Crippen LogP contribution in [0.1, 0.15) is 45.4 Å². The van der Waals surface area contributed by atoms with Gasteiger partial charge in [-0.2, -0.15) is 0 Å². The van der Waals surface area contributed by atoms with Crippen molar-refractivity contribution in [1.29, 1.82) is 0 Å². The van der Waals surface area contributed by atoms with E-state index >= 15 is 0 Å². The van der Waals surface area contributed by atoms with E-state index in [9.17, 15) is 9.59 Å². The minimum Gasteiger partial charge on any atom is -0.481 e. The summed E-state index contributed by atoms with van der Waals surface area (Å²) in [4.78, 5) is 24.1. The molecule has 0 radical (unpaired) electrons. The number of piperidine rings is 2. The summed E-state index contributed by atoms with van der Waals surface area (Å²) >= 11 is 0. The lowest BCUT2D eigenvalue weighted by Gasteiger charge is -2.52. The van der Waals surface area contributed by atoms with Crippen LogP contribution < -0.4 is 0 Å². The van der Waals surface area contributed by atoms with E-state index in [1.54, 1.807) is 6.92 Å². The van der Waals surface area contributed by atoms with Crippen LogP contribution in [0.4, 0.5) is 0 Å².